The number of esters is 1. The molecule has 0 aromatic heterocycles. The first-order chi connectivity index (χ1) is 25.0. The van der Waals surface area contributed by atoms with Crippen molar-refractivity contribution in [2.24, 2.45) is 0 Å². The molecule has 5 aromatic carbocycles. The van der Waals surface area contributed by atoms with Gasteiger partial charge in [0.15, 0.2) is 0 Å². The normalized spacial score (nSPS) is 16.6. The molecule has 7 rings (SSSR count). The highest BCUT2D eigenvalue weighted by molar-refractivity contribution is 8.00. The van der Waals surface area contributed by atoms with Crippen molar-refractivity contribution in [3.05, 3.63) is 168 Å². The monoisotopic (exact) mass is 840 g/mol. The van der Waals surface area contributed by atoms with E-state index in [1.165, 1.54) is 15.9 Å². The van der Waals surface area contributed by atoms with Crippen molar-refractivity contribution in [1.82, 2.24) is 10.2 Å². The number of ether oxygens (including phenoxy) is 2. The van der Waals surface area contributed by atoms with E-state index in [9.17, 15) is 14.4 Å². The molecule has 52 heavy (non-hydrogen) atoms. The van der Waals surface area contributed by atoms with E-state index in [1.807, 2.05) is 72.8 Å². The molecule has 0 bridgehead atoms. The van der Waals surface area contributed by atoms with Crippen LogP contribution < -0.4 is 49.9 Å². The van der Waals surface area contributed by atoms with Crippen LogP contribution in [0.2, 0.25) is 0 Å². The smallest absolute Gasteiger partial charge is 0.355 e. The summed E-state index contributed by atoms with van der Waals surface area (Å²) in [5, 5.41) is 6.05. The van der Waals surface area contributed by atoms with Crippen LogP contribution >= 0.6 is 19.0 Å². The van der Waals surface area contributed by atoms with Gasteiger partial charge in [0.2, 0.25) is 5.91 Å². The molecule has 2 heterocycles. The van der Waals surface area contributed by atoms with Gasteiger partial charge in [0.05, 0.1) is 19.7 Å². The van der Waals surface area contributed by atoms with Gasteiger partial charge in [-0.25, -0.2) is 4.79 Å². The molecule has 5 aromatic rings. The molecular weight excluding hydrogens is 802 g/mol. The molecule has 264 valence electrons. The van der Waals surface area contributed by atoms with E-state index >= 15 is 0 Å². The fourth-order valence-corrected chi connectivity index (χ4v) is 12.6. The van der Waals surface area contributed by atoms with Crippen LogP contribution in [0.15, 0.2) is 157 Å². The number of β-lactam (4-membered cyclic amide) rings is 1. The summed E-state index contributed by atoms with van der Waals surface area (Å²) in [6.07, 6.45) is 0.699. The van der Waals surface area contributed by atoms with Gasteiger partial charge in [0, 0.05) is 11.3 Å². The summed E-state index contributed by atoms with van der Waals surface area (Å²) in [4.78, 5) is 43.0. The minimum atomic E-state index is -2.40. The van der Waals surface area contributed by atoms with Gasteiger partial charge in [-0.05, 0) is 59.7 Å². The third-order valence-electron chi connectivity index (χ3n) is 9.31. The lowest BCUT2D eigenvalue weighted by Gasteiger charge is -2.50. The SMILES string of the molecule is COc1ccc(COC(=O)C2=C(C[P+](c3ccccc3)(c3ccccc3)c3ccccc3)CSC3C(NC(=O)Cc4ccccc4)C(=O)N23)cc1.[I-]. The average molecular weight is 841 g/mol. The lowest BCUT2D eigenvalue weighted by molar-refractivity contribution is -0.153. The molecule has 0 aliphatic carbocycles. The minimum absolute atomic E-state index is 0. The number of carbonyl (C=O) groups is 3. The Morgan fingerprint density at radius 2 is 1.27 bits per heavy atom. The van der Waals surface area contributed by atoms with Gasteiger partial charge in [0.1, 0.15) is 52.6 Å². The highest BCUT2D eigenvalue weighted by Gasteiger charge is 2.56. The van der Waals surface area contributed by atoms with Crippen LogP contribution in [0, 0.1) is 0 Å². The van der Waals surface area contributed by atoms with E-state index in [1.54, 1.807) is 23.8 Å². The molecule has 2 unspecified atom stereocenters. The summed E-state index contributed by atoms with van der Waals surface area (Å²) >= 11 is 1.58. The first-order valence-corrected chi connectivity index (χ1v) is 19.8. The van der Waals surface area contributed by atoms with Gasteiger partial charge in [0.25, 0.3) is 5.91 Å². The summed E-state index contributed by atoms with van der Waals surface area (Å²) in [6, 6.07) is 47.4. The lowest BCUT2D eigenvalue weighted by Crippen LogP contribution is -3.00. The van der Waals surface area contributed by atoms with E-state index in [0.717, 1.165) is 16.7 Å². The number of nitrogens with zero attached hydrogens (tertiary/aromatic N) is 1. The van der Waals surface area contributed by atoms with Gasteiger partial charge in [-0.3, -0.25) is 14.5 Å². The van der Waals surface area contributed by atoms with Crippen LogP contribution in [0.4, 0.5) is 0 Å². The Bertz CT molecular complexity index is 1940. The Morgan fingerprint density at radius 3 is 1.79 bits per heavy atom. The van der Waals surface area contributed by atoms with Crippen LogP contribution in [-0.2, 0) is 32.1 Å². The van der Waals surface area contributed by atoms with Crippen molar-refractivity contribution < 1.29 is 47.8 Å². The molecule has 2 amide bonds. The fraction of sp³-hybridized carbons (Fsp3) is 0.167. The summed E-state index contributed by atoms with van der Waals surface area (Å²) in [5.41, 5.74) is 2.79. The van der Waals surface area contributed by atoms with E-state index in [4.69, 9.17) is 9.47 Å². The Hall–Kier alpha value is -4.44. The number of methoxy groups -OCH3 is 1. The molecule has 2 aliphatic rings. The van der Waals surface area contributed by atoms with Crippen LogP contribution in [0.3, 0.4) is 0 Å². The molecule has 10 heteroatoms. The van der Waals surface area contributed by atoms with Crippen LogP contribution in [0.5, 0.6) is 5.75 Å². The maximum Gasteiger partial charge on any atom is 0.355 e. The number of halogens is 1. The molecule has 0 spiro atoms. The zero-order chi connectivity index (χ0) is 35.2. The predicted molar refractivity (Wildman–Crippen MR) is 205 cm³/mol. The van der Waals surface area contributed by atoms with Crippen molar-refractivity contribution in [3.63, 3.8) is 0 Å². The third kappa shape index (κ3) is 7.68. The quantitative estimate of drug-likeness (QED) is 0.0902. The predicted octanol–water partition coefficient (Wildman–Crippen LogP) is 2.63. The van der Waals surface area contributed by atoms with Crippen LogP contribution in [0.25, 0.3) is 0 Å². The standard InChI is InChI=1S/C42H37N2O5PS.HI/c1-48-33-24-22-31(23-25-33)27-49-42(47)39-32(29-51-41-38(40(46)44(39)41)43-37(45)26-30-14-6-2-7-15-30)28-50(34-16-8-3-9-17-34,35-18-10-4-11-19-35)36-20-12-5-13-21-36;/h2-25,38,41H,26-29H2,1H3;1H. The van der Waals surface area contributed by atoms with Crippen molar-refractivity contribution in [1.29, 1.82) is 0 Å². The van der Waals surface area contributed by atoms with Crippen LogP contribution in [-0.4, -0.2) is 53.1 Å². The zero-order valence-corrected chi connectivity index (χ0v) is 32.4. The van der Waals surface area contributed by atoms with E-state index in [0.29, 0.717) is 17.7 Å². The molecule has 0 radical (unpaired) electrons. The Morgan fingerprint density at radius 1 is 0.750 bits per heavy atom. The molecule has 0 saturated carbocycles. The number of thioether (sulfide) groups is 1. The highest BCUT2D eigenvalue weighted by atomic mass is 127. The summed E-state index contributed by atoms with van der Waals surface area (Å²) in [7, 11) is -0.802. The van der Waals surface area contributed by atoms with E-state index < -0.39 is 24.6 Å². The van der Waals surface area contributed by atoms with Gasteiger partial charge < -0.3 is 38.8 Å². The van der Waals surface area contributed by atoms with Crippen molar-refractivity contribution in [3.8, 4) is 5.75 Å². The van der Waals surface area contributed by atoms with Crippen LogP contribution in [0.1, 0.15) is 11.1 Å². The molecule has 1 saturated heterocycles. The number of hydrogen-bond donors (Lipinski definition) is 1. The van der Waals surface area contributed by atoms with E-state index in [-0.39, 0.29) is 54.5 Å². The first-order valence-electron chi connectivity index (χ1n) is 16.8. The van der Waals surface area contributed by atoms with Crippen molar-refractivity contribution >= 4 is 52.7 Å². The molecule has 2 aliphatic heterocycles. The second kappa shape index (κ2) is 16.9. The van der Waals surface area contributed by atoms with Gasteiger partial charge in [-0.15, -0.1) is 11.8 Å². The molecule has 1 fully saturated rings. The second-order valence-corrected chi connectivity index (χ2v) is 17.1. The maximum absolute atomic E-state index is 14.3. The summed E-state index contributed by atoms with van der Waals surface area (Å²) < 4.78 is 11.3. The Labute approximate surface area is 326 Å². The Balaban J connectivity index is 0.00000464. The number of rotatable bonds is 12. The van der Waals surface area contributed by atoms with Crippen molar-refractivity contribution in [2.75, 3.05) is 19.0 Å². The number of nitrogens with one attached hydrogen (secondary N) is 1. The highest BCUT2D eigenvalue weighted by Crippen LogP contribution is 2.58. The van der Waals surface area contributed by atoms with Gasteiger partial charge in [-0.1, -0.05) is 97.1 Å². The number of hydrogen-bond acceptors (Lipinski definition) is 6. The van der Waals surface area contributed by atoms with Crippen molar-refractivity contribution in [2.45, 2.75) is 24.4 Å². The van der Waals surface area contributed by atoms with E-state index in [2.05, 4.69) is 78.1 Å². The summed E-state index contributed by atoms with van der Waals surface area (Å²) in [6.45, 7) is 0.0348. The lowest BCUT2D eigenvalue weighted by atomic mass is 10.0. The zero-order valence-electron chi connectivity index (χ0n) is 28.6. The number of benzene rings is 5. The van der Waals surface area contributed by atoms with Gasteiger partial charge in [-0.2, -0.15) is 0 Å². The largest absolute Gasteiger partial charge is 1.00 e. The summed E-state index contributed by atoms with van der Waals surface area (Å²) in [5.74, 6) is 0.101. The second-order valence-electron chi connectivity index (χ2n) is 12.5. The number of fused-ring (bicyclic) bond motifs is 1. The number of amides is 2. The number of carbonyl (C=O) groups excluding carboxylic acids is 3. The molecule has 1 N–H and O–H groups in total. The Kier molecular flexibility index (Phi) is 12.1. The third-order valence-corrected chi connectivity index (χ3v) is 15.0. The topological polar surface area (TPSA) is 84.9 Å². The molecular formula is C42H38IN2O5PS. The fourth-order valence-electron chi connectivity index (χ4n) is 6.79. The average Bonchev–Trinajstić information content (AvgIpc) is 3.19. The maximum atomic E-state index is 14.3. The first kappa shape index (κ1) is 37.3. The minimum Gasteiger partial charge on any atom is -1.00 e. The van der Waals surface area contributed by atoms with Gasteiger partial charge >= 0.3 is 5.97 Å². The molecule has 2 atom stereocenters. The molecule has 7 nitrogen and oxygen atoms in total.